The summed E-state index contributed by atoms with van der Waals surface area (Å²) >= 11 is 0.201. The molecule has 6 nitrogen and oxygen atoms in total. The van der Waals surface area contributed by atoms with Crippen molar-refractivity contribution in [3.05, 3.63) is 31.3 Å². The number of carbonyl (C=O) groups is 1. The summed E-state index contributed by atoms with van der Waals surface area (Å²) in [6.07, 6.45) is -11.1. The molecule has 0 bridgehead atoms. The van der Waals surface area contributed by atoms with Crippen LogP contribution in [0.1, 0.15) is 41.9 Å². The highest BCUT2D eigenvalue weighted by molar-refractivity contribution is 7.20. The van der Waals surface area contributed by atoms with E-state index in [1.165, 1.54) is 13.8 Å². The van der Waals surface area contributed by atoms with Crippen molar-refractivity contribution in [1.29, 1.82) is 0 Å². The second-order valence-corrected chi connectivity index (χ2v) is 6.98. The van der Waals surface area contributed by atoms with Crippen molar-refractivity contribution < 1.29 is 40.3 Å². The summed E-state index contributed by atoms with van der Waals surface area (Å²) in [6.45, 7) is 0.861. The molecule has 0 aliphatic rings. The monoisotopic (exact) mass is 464 g/mol. The van der Waals surface area contributed by atoms with E-state index in [9.17, 15) is 45.1 Å². The molecule has 0 aromatic carbocycles. The molecule has 2 heterocycles. The van der Waals surface area contributed by atoms with Crippen LogP contribution >= 0.6 is 11.3 Å². The molecule has 30 heavy (non-hydrogen) atoms. The third kappa shape index (κ3) is 4.09. The van der Waals surface area contributed by atoms with Crippen LogP contribution in [0.4, 0.5) is 30.7 Å². The highest BCUT2D eigenvalue weighted by Gasteiger charge is 2.56. The third-order valence-corrected chi connectivity index (χ3v) is 5.36. The van der Waals surface area contributed by atoms with Gasteiger partial charge in [-0.1, -0.05) is 0 Å². The molecule has 0 spiro atoms. The number of aromatic nitrogens is 2. The molecule has 0 radical (unpaired) electrons. The number of thiophene rings is 1. The van der Waals surface area contributed by atoms with E-state index in [0.29, 0.717) is 9.13 Å². The fourth-order valence-corrected chi connectivity index (χ4v) is 3.92. The van der Waals surface area contributed by atoms with Gasteiger partial charge in [0.05, 0.1) is 17.6 Å². The van der Waals surface area contributed by atoms with E-state index in [1.54, 1.807) is 0 Å². The van der Waals surface area contributed by atoms with Crippen LogP contribution < -0.4 is 11.2 Å². The van der Waals surface area contributed by atoms with Crippen LogP contribution in [0.3, 0.4) is 0 Å². The Kier molecular flexibility index (Phi) is 6.69. The van der Waals surface area contributed by atoms with E-state index >= 15 is 0 Å². The molecule has 0 fully saturated rings. The van der Waals surface area contributed by atoms with E-state index < -0.39 is 69.4 Å². The molecule has 0 aliphatic carbocycles. The van der Waals surface area contributed by atoms with Gasteiger partial charge in [0.2, 0.25) is 0 Å². The summed E-state index contributed by atoms with van der Waals surface area (Å²) in [5.74, 6) is -6.41. The number of nitrogens with zero attached hydrogens (tertiary/aromatic N) is 2. The molecular formula is C16H15F7N2O4S. The first-order valence-electron chi connectivity index (χ1n) is 8.48. The lowest BCUT2D eigenvalue weighted by atomic mass is 10.2. The molecule has 0 aliphatic heterocycles. The van der Waals surface area contributed by atoms with E-state index in [4.69, 9.17) is 0 Å². The number of carbonyl (C=O) groups excluding carboxylic acids is 1. The summed E-state index contributed by atoms with van der Waals surface area (Å²) in [5.41, 5.74) is -3.53. The average Bonchev–Trinajstić information content (AvgIpc) is 3.02. The van der Waals surface area contributed by atoms with E-state index in [-0.39, 0.29) is 24.5 Å². The van der Waals surface area contributed by atoms with Gasteiger partial charge in [0.15, 0.2) is 0 Å². The zero-order valence-corrected chi connectivity index (χ0v) is 16.3. The first-order chi connectivity index (χ1) is 13.8. The molecule has 2 rings (SSSR count). The maximum atomic E-state index is 13.7. The Labute approximate surface area is 167 Å². The summed E-state index contributed by atoms with van der Waals surface area (Å²) in [4.78, 5) is 35.7. The molecule has 0 amide bonds. The highest BCUT2D eigenvalue weighted by Crippen LogP contribution is 2.39. The highest BCUT2D eigenvalue weighted by atomic mass is 32.1. The molecule has 0 saturated heterocycles. The molecular weight excluding hydrogens is 449 g/mol. The van der Waals surface area contributed by atoms with Gasteiger partial charge in [-0.25, -0.2) is 18.4 Å². The fourth-order valence-electron chi connectivity index (χ4n) is 2.71. The number of hydrogen-bond acceptors (Lipinski definition) is 5. The van der Waals surface area contributed by atoms with Gasteiger partial charge < -0.3 is 4.74 Å². The minimum Gasteiger partial charge on any atom is -0.462 e. The Morgan fingerprint density at radius 1 is 1.10 bits per heavy atom. The van der Waals surface area contributed by atoms with E-state index in [1.807, 2.05) is 0 Å². The number of ether oxygens (including phenoxy) is 1. The summed E-state index contributed by atoms with van der Waals surface area (Å²) in [5, 5.41) is -0.796. The minimum absolute atomic E-state index is 0.201. The van der Waals surface area contributed by atoms with Gasteiger partial charge in [-0.2, -0.15) is 22.0 Å². The van der Waals surface area contributed by atoms with Gasteiger partial charge in [-0.05, 0) is 13.8 Å². The number of rotatable bonds is 7. The van der Waals surface area contributed by atoms with Gasteiger partial charge in [-0.3, -0.25) is 13.9 Å². The van der Waals surface area contributed by atoms with Crippen molar-refractivity contribution in [3.63, 3.8) is 0 Å². The Bertz CT molecular complexity index is 1070. The van der Waals surface area contributed by atoms with Crippen LogP contribution in [-0.2, 0) is 17.8 Å². The maximum Gasteiger partial charge on any atom is 0.453 e. The normalized spacial score (nSPS) is 12.7. The predicted octanol–water partition coefficient (Wildman–Crippen LogP) is 3.95. The van der Waals surface area contributed by atoms with Crippen molar-refractivity contribution in [2.45, 2.75) is 51.9 Å². The molecule has 2 aromatic heterocycles. The smallest absolute Gasteiger partial charge is 0.453 e. The van der Waals surface area contributed by atoms with E-state index in [2.05, 4.69) is 4.74 Å². The van der Waals surface area contributed by atoms with Gasteiger partial charge in [0.25, 0.3) is 12.0 Å². The number of aryl methyl sites for hydroxylation is 1. The topological polar surface area (TPSA) is 70.3 Å². The van der Waals surface area contributed by atoms with Crippen molar-refractivity contribution in [2.24, 2.45) is 0 Å². The van der Waals surface area contributed by atoms with Gasteiger partial charge in [0.1, 0.15) is 9.71 Å². The molecule has 2 aromatic rings. The van der Waals surface area contributed by atoms with Crippen LogP contribution in [0.15, 0.2) is 9.59 Å². The zero-order valence-electron chi connectivity index (χ0n) is 15.5. The second kappa shape index (κ2) is 8.40. The quantitative estimate of drug-likeness (QED) is 0.460. The Balaban J connectivity index is 2.82. The summed E-state index contributed by atoms with van der Waals surface area (Å²) in [6, 6.07) is 0. The van der Waals surface area contributed by atoms with Gasteiger partial charge >= 0.3 is 23.8 Å². The minimum atomic E-state index is -5.89. The number of fused-ring (bicyclic) bond motifs is 1. The fraction of sp³-hybridized carbons (Fsp3) is 0.562. The lowest BCUT2D eigenvalue weighted by Gasteiger charge is -2.20. The Morgan fingerprint density at radius 2 is 1.70 bits per heavy atom. The largest absolute Gasteiger partial charge is 0.462 e. The number of halogens is 7. The van der Waals surface area contributed by atoms with Crippen molar-refractivity contribution in [2.75, 3.05) is 6.61 Å². The predicted molar refractivity (Wildman–Crippen MR) is 92.6 cm³/mol. The van der Waals surface area contributed by atoms with Gasteiger partial charge in [-0.15, -0.1) is 11.3 Å². The first-order valence-corrected chi connectivity index (χ1v) is 9.29. The summed E-state index contributed by atoms with van der Waals surface area (Å²) in [7, 11) is 0. The Hall–Kier alpha value is -2.38. The maximum absolute atomic E-state index is 13.7. The lowest BCUT2D eigenvalue weighted by molar-refractivity contribution is -0.285. The molecule has 14 heteroatoms. The number of alkyl halides is 7. The molecule has 0 N–H and O–H groups in total. The molecule has 0 saturated carbocycles. The van der Waals surface area contributed by atoms with E-state index in [0.717, 1.165) is 0 Å². The van der Waals surface area contributed by atoms with Crippen LogP contribution in [0, 0.1) is 0 Å². The summed E-state index contributed by atoms with van der Waals surface area (Å²) < 4.78 is 96.9. The number of hydrogen-bond donors (Lipinski definition) is 0. The SMILES string of the molecule is CCOC(=O)c1sc2c(c1C(F)F)c(=O)n(CC)c(=O)n2CCC(F)(F)C(F)(F)F. The standard InChI is InChI=1S/C16H15F7N2O4S/c1-3-24-11(26)8-7(10(17)18)9(13(27)29-4-2)30-12(8)25(14(24)28)6-5-15(19,20)16(21,22)23/h10H,3-6H2,1-2H3. The molecule has 0 unspecified atom stereocenters. The van der Waals surface area contributed by atoms with Crippen molar-refractivity contribution >= 4 is 27.5 Å². The second-order valence-electron chi connectivity index (χ2n) is 5.98. The molecule has 168 valence electrons. The van der Waals surface area contributed by atoms with Crippen LogP contribution in [0.25, 0.3) is 10.2 Å². The first kappa shape index (κ1) is 23.9. The average molecular weight is 464 g/mol. The lowest BCUT2D eigenvalue weighted by Crippen LogP contribution is -2.42. The van der Waals surface area contributed by atoms with Gasteiger partial charge in [0, 0.05) is 19.5 Å². The third-order valence-electron chi connectivity index (χ3n) is 4.15. The van der Waals surface area contributed by atoms with Crippen LogP contribution in [-0.4, -0.2) is 33.8 Å². The van der Waals surface area contributed by atoms with Crippen molar-refractivity contribution in [1.82, 2.24) is 9.13 Å². The zero-order chi connectivity index (χ0) is 23.0. The van der Waals surface area contributed by atoms with Crippen LogP contribution in [0.2, 0.25) is 0 Å². The Morgan fingerprint density at radius 3 is 2.17 bits per heavy atom. The van der Waals surface area contributed by atoms with Crippen molar-refractivity contribution in [3.8, 4) is 0 Å². The molecule has 0 atom stereocenters. The van der Waals surface area contributed by atoms with Crippen LogP contribution in [0.5, 0.6) is 0 Å². The number of esters is 1.